The zero-order chi connectivity index (χ0) is 15.2. The maximum Gasteiger partial charge on any atom is 0.255 e. The molecule has 0 atom stereocenters. The van der Waals surface area contributed by atoms with E-state index in [0.717, 1.165) is 5.69 Å². The Balaban J connectivity index is 2.18. The van der Waals surface area contributed by atoms with Crippen molar-refractivity contribution in [3.05, 3.63) is 54.1 Å². The molecule has 0 radical (unpaired) electrons. The summed E-state index contributed by atoms with van der Waals surface area (Å²) < 4.78 is 10.9. The molecule has 0 saturated carbocycles. The van der Waals surface area contributed by atoms with Gasteiger partial charge in [-0.3, -0.25) is 4.79 Å². The zero-order valence-electron chi connectivity index (χ0n) is 12.4. The third kappa shape index (κ3) is 3.99. The number of para-hydroxylation sites is 1. The predicted molar refractivity (Wildman–Crippen MR) is 83.2 cm³/mol. The molecule has 0 saturated heterocycles. The van der Waals surface area contributed by atoms with Gasteiger partial charge in [-0.05, 0) is 44.2 Å². The predicted octanol–water partition coefficient (Wildman–Crippen LogP) is 3.73. The van der Waals surface area contributed by atoms with E-state index in [1.165, 1.54) is 0 Å². The summed E-state index contributed by atoms with van der Waals surface area (Å²) in [6.45, 7) is 3.88. The molecular weight excluding hydrogens is 266 g/mol. The van der Waals surface area contributed by atoms with Gasteiger partial charge in [0.25, 0.3) is 5.91 Å². The molecule has 4 heteroatoms. The van der Waals surface area contributed by atoms with Gasteiger partial charge in [0.15, 0.2) is 11.5 Å². The number of methoxy groups -OCH3 is 1. The van der Waals surface area contributed by atoms with Gasteiger partial charge in [0.2, 0.25) is 0 Å². The fraction of sp³-hybridized carbons (Fsp3) is 0.235. The van der Waals surface area contributed by atoms with Gasteiger partial charge in [0.05, 0.1) is 13.2 Å². The molecule has 0 aromatic heterocycles. The van der Waals surface area contributed by atoms with Crippen molar-refractivity contribution in [2.75, 3.05) is 12.4 Å². The average Bonchev–Trinajstić information content (AvgIpc) is 2.48. The lowest BCUT2D eigenvalue weighted by Gasteiger charge is -2.14. The first-order chi connectivity index (χ1) is 10.1. The highest BCUT2D eigenvalue weighted by molar-refractivity contribution is 6.04. The summed E-state index contributed by atoms with van der Waals surface area (Å²) >= 11 is 0. The number of nitrogens with one attached hydrogen (secondary N) is 1. The molecule has 2 aromatic rings. The summed E-state index contributed by atoms with van der Waals surface area (Å²) in [7, 11) is 1.56. The van der Waals surface area contributed by atoms with E-state index >= 15 is 0 Å². The molecule has 2 aromatic carbocycles. The van der Waals surface area contributed by atoms with Crippen LogP contribution in [-0.4, -0.2) is 19.1 Å². The Labute approximate surface area is 124 Å². The average molecular weight is 285 g/mol. The molecule has 2 rings (SSSR count). The molecule has 0 unspecified atom stereocenters. The van der Waals surface area contributed by atoms with Gasteiger partial charge in [-0.15, -0.1) is 0 Å². The topological polar surface area (TPSA) is 47.6 Å². The quantitative estimate of drug-likeness (QED) is 0.910. The van der Waals surface area contributed by atoms with E-state index in [1.807, 2.05) is 44.2 Å². The normalized spacial score (nSPS) is 10.3. The molecule has 1 N–H and O–H groups in total. The molecule has 0 bridgehead atoms. The van der Waals surface area contributed by atoms with Gasteiger partial charge in [0.1, 0.15) is 0 Å². The van der Waals surface area contributed by atoms with Crippen LogP contribution in [0.25, 0.3) is 0 Å². The Kier molecular flexibility index (Phi) is 4.82. The Morgan fingerprint density at radius 3 is 2.38 bits per heavy atom. The number of rotatable bonds is 5. The van der Waals surface area contributed by atoms with Gasteiger partial charge >= 0.3 is 0 Å². The largest absolute Gasteiger partial charge is 0.493 e. The Bertz CT molecular complexity index is 609. The first-order valence-corrected chi connectivity index (χ1v) is 6.81. The molecule has 0 spiro atoms. The lowest BCUT2D eigenvalue weighted by atomic mass is 10.1. The second kappa shape index (κ2) is 6.79. The summed E-state index contributed by atoms with van der Waals surface area (Å²) in [5, 5.41) is 2.83. The zero-order valence-corrected chi connectivity index (χ0v) is 12.4. The van der Waals surface area contributed by atoms with Crippen LogP contribution >= 0.6 is 0 Å². The lowest BCUT2D eigenvalue weighted by molar-refractivity contribution is 0.102. The number of amides is 1. The lowest BCUT2D eigenvalue weighted by Crippen LogP contribution is -2.12. The molecular formula is C17H19NO3. The van der Waals surface area contributed by atoms with Crippen LogP contribution in [0.15, 0.2) is 48.5 Å². The van der Waals surface area contributed by atoms with Crippen molar-refractivity contribution < 1.29 is 14.3 Å². The van der Waals surface area contributed by atoms with Crippen LogP contribution in [0.1, 0.15) is 24.2 Å². The van der Waals surface area contributed by atoms with Crippen molar-refractivity contribution in [2.24, 2.45) is 0 Å². The van der Waals surface area contributed by atoms with Crippen molar-refractivity contribution in [1.82, 2.24) is 0 Å². The summed E-state index contributed by atoms with van der Waals surface area (Å²) in [6.07, 6.45) is 0.0443. The number of ether oxygens (including phenoxy) is 2. The molecule has 1 amide bonds. The van der Waals surface area contributed by atoms with Crippen LogP contribution in [0.2, 0.25) is 0 Å². The number of anilines is 1. The minimum Gasteiger partial charge on any atom is -0.493 e. The van der Waals surface area contributed by atoms with E-state index in [4.69, 9.17) is 9.47 Å². The number of hydrogen-bond acceptors (Lipinski definition) is 3. The summed E-state index contributed by atoms with van der Waals surface area (Å²) in [5.74, 6) is 0.990. The Morgan fingerprint density at radius 2 is 1.76 bits per heavy atom. The highest BCUT2D eigenvalue weighted by atomic mass is 16.5. The molecule has 0 aliphatic rings. The van der Waals surface area contributed by atoms with Crippen molar-refractivity contribution in [1.29, 1.82) is 0 Å². The van der Waals surface area contributed by atoms with Gasteiger partial charge in [-0.1, -0.05) is 18.2 Å². The van der Waals surface area contributed by atoms with Gasteiger partial charge in [0, 0.05) is 11.3 Å². The SMILES string of the molecule is COc1cc(C(=O)Nc2ccccc2)ccc1OC(C)C. The van der Waals surface area contributed by atoms with Crippen LogP contribution in [0.4, 0.5) is 5.69 Å². The fourth-order valence-electron chi connectivity index (χ4n) is 1.88. The standard InChI is InChI=1S/C17H19NO3/c1-12(2)21-15-10-9-13(11-16(15)20-3)17(19)18-14-7-5-4-6-8-14/h4-12H,1-3H3,(H,18,19). The first-order valence-electron chi connectivity index (χ1n) is 6.81. The van der Waals surface area contributed by atoms with Crippen LogP contribution in [0.3, 0.4) is 0 Å². The van der Waals surface area contributed by atoms with Crippen molar-refractivity contribution >= 4 is 11.6 Å². The number of benzene rings is 2. The molecule has 110 valence electrons. The van der Waals surface area contributed by atoms with E-state index in [9.17, 15) is 4.79 Å². The van der Waals surface area contributed by atoms with Crippen molar-refractivity contribution in [3.8, 4) is 11.5 Å². The van der Waals surface area contributed by atoms with E-state index in [0.29, 0.717) is 17.1 Å². The smallest absolute Gasteiger partial charge is 0.255 e. The summed E-state index contributed by atoms with van der Waals surface area (Å²) in [4.78, 5) is 12.2. The number of carbonyl (C=O) groups excluding carboxylic acids is 1. The van der Waals surface area contributed by atoms with Crippen molar-refractivity contribution in [2.45, 2.75) is 20.0 Å². The van der Waals surface area contributed by atoms with Crippen molar-refractivity contribution in [3.63, 3.8) is 0 Å². The van der Waals surface area contributed by atoms with Crippen LogP contribution in [-0.2, 0) is 0 Å². The maximum atomic E-state index is 12.2. The third-order valence-corrected chi connectivity index (χ3v) is 2.82. The Hall–Kier alpha value is -2.49. The minimum atomic E-state index is -0.185. The minimum absolute atomic E-state index is 0.0443. The highest BCUT2D eigenvalue weighted by Crippen LogP contribution is 2.29. The van der Waals surface area contributed by atoms with Crippen LogP contribution in [0.5, 0.6) is 11.5 Å². The maximum absolute atomic E-state index is 12.2. The summed E-state index contributed by atoms with van der Waals surface area (Å²) in [5.41, 5.74) is 1.27. The van der Waals surface area contributed by atoms with Gasteiger partial charge in [-0.2, -0.15) is 0 Å². The second-order valence-electron chi connectivity index (χ2n) is 4.85. The Morgan fingerprint density at radius 1 is 1.05 bits per heavy atom. The number of carbonyl (C=O) groups is 1. The van der Waals surface area contributed by atoms with Crippen LogP contribution < -0.4 is 14.8 Å². The molecule has 21 heavy (non-hydrogen) atoms. The van der Waals surface area contributed by atoms with Crippen LogP contribution in [0, 0.1) is 0 Å². The molecule has 0 heterocycles. The fourth-order valence-corrected chi connectivity index (χ4v) is 1.88. The van der Waals surface area contributed by atoms with E-state index < -0.39 is 0 Å². The first kappa shape index (κ1) is 14.9. The van der Waals surface area contributed by atoms with E-state index in [-0.39, 0.29) is 12.0 Å². The molecule has 0 aliphatic heterocycles. The summed E-state index contributed by atoms with van der Waals surface area (Å²) in [6, 6.07) is 14.5. The van der Waals surface area contributed by atoms with Gasteiger partial charge < -0.3 is 14.8 Å². The van der Waals surface area contributed by atoms with E-state index in [2.05, 4.69) is 5.32 Å². The molecule has 0 aliphatic carbocycles. The van der Waals surface area contributed by atoms with Gasteiger partial charge in [-0.25, -0.2) is 0 Å². The molecule has 4 nitrogen and oxygen atoms in total. The number of hydrogen-bond donors (Lipinski definition) is 1. The second-order valence-corrected chi connectivity index (χ2v) is 4.85. The molecule has 0 fully saturated rings. The monoisotopic (exact) mass is 285 g/mol. The third-order valence-electron chi connectivity index (χ3n) is 2.82. The highest BCUT2D eigenvalue weighted by Gasteiger charge is 2.12. The van der Waals surface area contributed by atoms with E-state index in [1.54, 1.807) is 25.3 Å².